The first-order valence-corrected chi connectivity index (χ1v) is 10.5. The number of ether oxygens (including phenoxy) is 3. The predicted octanol–water partition coefficient (Wildman–Crippen LogP) is 2.71. The molecule has 1 heterocycles. The molecule has 0 aliphatic heterocycles. The number of carbonyl (C=O) groups excluding carboxylic acids is 4. The van der Waals surface area contributed by atoms with Gasteiger partial charge < -0.3 is 14.2 Å². The highest BCUT2D eigenvalue weighted by Gasteiger charge is 2.23. The smallest absolute Gasteiger partial charge is 0.379 e. The van der Waals surface area contributed by atoms with Crippen LogP contribution in [0.2, 0.25) is 0 Å². The summed E-state index contributed by atoms with van der Waals surface area (Å²) in [5.74, 6) is -2.99. The van der Waals surface area contributed by atoms with Crippen LogP contribution in [0, 0.1) is 0 Å². The van der Waals surface area contributed by atoms with E-state index in [-0.39, 0.29) is 42.2 Å². The lowest BCUT2D eigenvalue weighted by Crippen LogP contribution is -2.21. The Balaban J connectivity index is 0.000000241. The number of hydrogen-bond donors (Lipinski definition) is 1. The van der Waals surface area contributed by atoms with Crippen molar-refractivity contribution in [3.63, 3.8) is 0 Å². The fourth-order valence-corrected chi connectivity index (χ4v) is 2.84. The number of rotatable bonds is 7. The lowest BCUT2D eigenvalue weighted by molar-refractivity contribution is -0.137. The van der Waals surface area contributed by atoms with E-state index in [1.54, 1.807) is 57.2 Å². The van der Waals surface area contributed by atoms with Crippen molar-refractivity contribution >= 4 is 34.5 Å². The molecule has 0 bridgehead atoms. The minimum atomic E-state index is -0.978. The minimum Gasteiger partial charge on any atom is -0.462 e. The van der Waals surface area contributed by atoms with Crippen LogP contribution in [0.3, 0.4) is 0 Å². The van der Waals surface area contributed by atoms with Crippen molar-refractivity contribution in [1.29, 1.82) is 0 Å². The van der Waals surface area contributed by atoms with Gasteiger partial charge in [-0.25, -0.2) is 19.5 Å². The van der Waals surface area contributed by atoms with Gasteiger partial charge in [0.25, 0.3) is 11.3 Å². The molecular formula is C24H24N2O8. The molecule has 0 radical (unpaired) electrons. The number of ketones is 1. The monoisotopic (exact) mass is 468 g/mol. The Morgan fingerprint density at radius 3 is 1.88 bits per heavy atom. The summed E-state index contributed by atoms with van der Waals surface area (Å²) in [4.78, 5) is 57.8. The first-order chi connectivity index (χ1) is 16.3. The Labute approximate surface area is 194 Å². The zero-order chi connectivity index (χ0) is 25.1. The Kier molecular flexibility index (Phi) is 9.63. The molecule has 0 amide bonds. The number of hydrogen-bond acceptors (Lipinski definition) is 9. The molecule has 0 aliphatic rings. The van der Waals surface area contributed by atoms with E-state index < -0.39 is 23.7 Å². The van der Waals surface area contributed by atoms with Gasteiger partial charge in [0.05, 0.1) is 30.8 Å². The maximum Gasteiger partial charge on any atom is 0.379 e. The zero-order valence-electron chi connectivity index (χ0n) is 19.0. The van der Waals surface area contributed by atoms with Gasteiger partial charge in [0, 0.05) is 10.9 Å². The van der Waals surface area contributed by atoms with E-state index in [1.165, 1.54) is 12.1 Å². The van der Waals surface area contributed by atoms with Crippen molar-refractivity contribution in [3.8, 4) is 0 Å². The number of benzene rings is 2. The van der Waals surface area contributed by atoms with Gasteiger partial charge >= 0.3 is 17.9 Å². The number of aromatic nitrogens is 2. The second-order valence-corrected chi connectivity index (χ2v) is 6.48. The maximum absolute atomic E-state index is 11.8. The van der Waals surface area contributed by atoms with Crippen LogP contribution in [0.25, 0.3) is 10.8 Å². The number of Topliss-reactive ketones (excluding diaryl/α,β-unsaturated/α-hetero) is 1. The standard InChI is InChI=1S/C13H14O5.C11H10N2O3/c1-3-17-12(15)10-8-6-5-7-9(10)11(14)13(16)18-4-2;1-2-16-11(15)9-7-5-3-4-6-8(7)10(14)13-12-9/h5-8H,3-4H2,1-2H3;3-6H,2H2,1H3,(H,13,14). The third kappa shape index (κ3) is 6.35. The molecule has 1 aromatic heterocycles. The molecule has 1 N–H and O–H groups in total. The summed E-state index contributed by atoms with van der Waals surface area (Å²) in [5.41, 5.74) is -0.118. The van der Waals surface area contributed by atoms with E-state index in [2.05, 4.69) is 14.9 Å². The van der Waals surface area contributed by atoms with Gasteiger partial charge in [-0.2, -0.15) is 5.10 Å². The second-order valence-electron chi connectivity index (χ2n) is 6.48. The first-order valence-electron chi connectivity index (χ1n) is 10.5. The summed E-state index contributed by atoms with van der Waals surface area (Å²) in [7, 11) is 0. The first kappa shape index (κ1) is 25.9. The van der Waals surface area contributed by atoms with Gasteiger partial charge in [0.15, 0.2) is 5.69 Å². The van der Waals surface area contributed by atoms with Crippen molar-refractivity contribution < 1.29 is 33.4 Å². The molecule has 34 heavy (non-hydrogen) atoms. The summed E-state index contributed by atoms with van der Waals surface area (Å²) in [6.07, 6.45) is 0. The zero-order valence-corrected chi connectivity index (χ0v) is 19.0. The fraction of sp³-hybridized carbons (Fsp3) is 0.250. The van der Waals surface area contributed by atoms with E-state index in [0.29, 0.717) is 10.8 Å². The maximum atomic E-state index is 11.8. The fourth-order valence-electron chi connectivity index (χ4n) is 2.84. The normalized spacial score (nSPS) is 9.97. The second kappa shape index (κ2) is 12.6. The predicted molar refractivity (Wildman–Crippen MR) is 122 cm³/mol. The quantitative estimate of drug-likeness (QED) is 0.240. The Bertz CT molecular complexity index is 1250. The summed E-state index contributed by atoms with van der Waals surface area (Å²) in [6, 6.07) is 12.8. The van der Waals surface area contributed by atoms with Gasteiger partial charge in [-0.15, -0.1) is 0 Å². The average Bonchev–Trinajstić information content (AvgIpc) is 2.85. The van der Waals surface area contributed by atoms with Crippen LogP contribution in [-0.2, 0) is 19.0 Å². The molecule has 0 fully saturated rings. The van der Waals surface area contributed by atoms with Crippen LogP contribution >= 0.6 is 0 Å². The number of H-pyrrole nitrogens is 1. The number of fused-ring (bicyclic) bond motifs is 1. The van der Waals surface area contributed by atoms with Crippen molar-refractivity contribution in [3.05, 3.63) is 75.7 Å². The molecule has 10 heteroatoms. The van der Waals surface area contributed by atoms with Crippen LogP contribution in [-0.4, -0.2) is 53.7 Å². The highest BCUT2D eigenvalue weighted by Crippen LogP contribution is 2.13. The third-order valence-corrected chi connectivity index (χ3v) is 4.29. The van der Waals surface area contributed by atoms with E-state index in [1.807, 2.05) is 0 Å². The number of nitrogens with one attached hydrogen (secondary N) is 1. The van der Waals surface area contributed by atoms with Crippen molar-refractivity contribution in [1.82, 2.24) is 10.2 Å². The van der Waals surface area contributed by atoms with Gasteiger partial charge in [0.2, 0.25) is 0 Å². The van der Waals surface area contributed by atoms with Crippen molar-refractivity contribution in [2.75, 3.05) is 19.8 Å². The van der Waals surface area contributed by atoms with Crippen LogP contribution in [0.5, 0.6) is 0 Å². The minimum absolute atomic E-state index is 0.00519. The summed E-state index contributed by atoms with van der Waals surface area (Å²) < 4.78 is 14.3. The van der Waals surface area contributed by atoms with Crippen molar-refractivity contribution in [2.45, 2.75) is 20.8 Å². The van der Waals surface area contributed by atoms with Crippen LogP contribution < -0.4 is 5.56 Å². The van der Waals surface area contributed by atoms with Gasteiger partial charge in [0.1, 0.15) is 0 Å². The van der Waals surface area contributed by atoms with E-state index in [9.17, 15) is 24.0 Å². The van der Waals surface area contributed by atoms with Crippen LogP contribution in [0.15, 0.2) is 53.3 Å². The van der Waals surface area contributed by atoms with E-state index in [0.717, 1.165) is 0 Å². The van der Waals surface area contributed by atoms with Gasteiger partial charge in [-0.3, -0.25) is 9.59 Å². The lowest BCUT2D eigenvalue weighted by atomic mass is 10.0. The molecule has 10 nitrogen and oxygen atoms in total. The van der Waals surface area contributed by atoms with Crippen molar-refractivity contribution in [2.24, 2.45) is 0 Å². The molecule has 0 unspecified atom stereocenters. The van der Waals surface area contributed by atoms with Crippen LogP contribution in [0.4, 0.5) is 0 Å². The molecule has 3 rings (SSSR count). The largest absolute Gasteiger partial charge is 0.462 e. The molecule has 2 aromatic carbocycles. The summed E-state index contributed by atoms with van der Waals surface area (Å²) in [5, 5.41) is 6.92. The Morgan fingerprint density at radius 2 is 1.26 bits per heavy atom. The summed E-state index contributed by atoms with van der Waals surface area (Å²) >= 11 is 0. The highest BCUT2D eigenvalue weighted by atomic mass is 16.5. The molecule has 0 spiro atoms. The topological polar surface area (TPSA) is 142 Å². The summed E-state index contributed by atoms with van der Waals surface area (Å²) in [6.45, 7) is 5.54. The molecular weight excluding hydrogens is 444 g/mol. The van der Waals surface area contributed by atoms with Gasteiger partial charge in [-0.05, 0) is 39.0 Å². The molecule has 0 aliphatic carbocycles. The molecule has 0 atom stereocenters. The third-order valence-electron chi connectivity index (χ3n) is 4.29. The molecule has 3 aromatic rings. The van der Waals surface area contributed by atoms with E-state index >= 15 is 0 Å². The molecule has 178 valence electrons. The lowest BCUT2D eigenvalue weighted by Gasteiger charge is -2.07. The number of nitrogens with zero attached hydrogens (tertiary/aromatic N) is 1. The van der Waals surface area contributed by atoms with Crippen LogP contribution in [0.1, 0.15) is 52.0 Å². The van der Waals surface area contributed by atoms with Gasteiger partial charge in [-0.1, -0.05) is 30.3 Å². The highest BCUT2D eigenvalue weighted by molar-refractivity contribution is 6.41. The SMILES string of the molecule is CCOC(=O)C(=O)c1ccccc1C(=O)OCC.CCOC(=O)c1n[nH]c(=O)c2ccccc12. The molecule has 0 saturated heterocycles. The number of carbonyl (C=O) groups is 4. The Morgan fingerprint density at radius 1 is 0.735 bits per heavy atom. The number of esters is 3. The van der Waals surface area contributed by atoms with E-state index in [4.69, 9.17) is 9.47 Å². The Hall–Kier alpha value is -4.34. The molecule has 0 saturated carbocycles. The number of aromatic amines is 1. The average molecular weight is 468 g/mol.